The van der Waals surface area contributed by atoms with Crippen molar-refractivity contribution in [1.29, 1.82) is 0 Å². The lowest BCUT2D eigenvalue weighted by atomic mass is 10.5. The number of hydrogen-bond donors (Lipinski definition) is 0. The SMILES string of the molecule is F[P+](F)(F)c1ccccn1. The van der Waals surface area contributed by atoms with E-state index in [2.05, 4.69) is 4.98 Å². The van der Waals surface area contributed by atoms with Gasteiger partial charge in [0.15, 0.2) is 0 Å². The molecule has 1 aromatic heterocycles. The van der Waals surface area contributed by atoms with Gasteiger partial charge in [-0.2, -0.15) is 0 Å². The Morgan fingerprint density at radius 3 is 2.20 bits per heavy atom. The van der Waals surface area contributed by atoms with Gasteiger partial charge >= 0.3 is 8.19 Å². The molecule has 0 aromatic carbocycles. The lowest BCUT2D eigenvalue weighted by molar-refractivity contribution is 0.605. The molecule has 0 aliphatic heterocycles. The third-order valence-corrected chi connectivity index (χ3v) is 1.69. The highest BCUT2D eigenvalue weighted by atomic mass is 31.3. The summed E-state index contributed by atoms with van der Waals surface area (Å²) in [4.78, 5) is 3.17. The maximum atomic E-state index is 11.8. The van der Waals surface area contributed by atoms with E-state index in [1.807, 2.05) is 0 Å². The molecule has 54 valence electrons. The van der Waals surface area contributed by atoms with Gasteiger partial charge in [0.2, 0.25) is 0 Å². The number of nitrogens with zero attached hydrogens (tertiary/aromatic N) is 1. The van der Waals surface area contributed by atoms with Gasteiger partial charge in [0.05, 0.1) is 0 Å². The molecule has 0 N–H and O–H groups in total. The standard InChI is InChI=1S/C5H4F3NP/c6-10(7,8)5-3-1-2-4-9-5/h1-4H/q+1. The molecule has 0 bridgehead atoms. The van der Waals surface area contributed by atoms with E-state index in [9.17, 15) is 12.6 Å². The molecule has 1 aromatic rings. The summed E-state index contributed by atoms with van der Waals surface area (Å²) >= 11 is 0. The largest absolute Gasteiger partial charge is 0.620 e. The first kappa shape index (κ1) is 7.48. The number of halogens is 3. The Morgan fingerprint density at radius 1 is 1.20 bits per heavy atom. The average molecular weight is 166 g/mol. The van der Waals surface area contributed by atoms with Gasteiger partial charge < -0.3 is 0 Å². The van der Waals surface area contributed by atoms with E-state index in [0.29, 0.717) is 0 Å². The van der Waals surface area contributed by atoms with Crippen LogP contribution in [0.4, 0.5) is 12.6 Å². The highest BCUT2D eigenvalue weighted by Gasteiger charge is 2.48. The zero-order valence-corrected chi connectivity index (χ0v) is 5.73. The van der Waals surface area contributed by atoms with Crippen molar-refractivity contribution < 1.29 is 12.6 Å². The molecule has 0 atom stereocenters. The quantitative estimate of drug-likeness (QED) is 0.583. The smallest absolute Gasteiger partial charge is 0.214 e. The first-order valence-corrected chi connectivity index (χ1v) is 3.96. The van der Waals surface area contributed by atoms with Crippen LogP contribution in [0.25, 0.3) is 0 Å². The molecular formula is C5H4F3NP+. The molecule has 1 nitrogen and oxygen atoms in total. The fraction of sp³-hybridized carbons (Fsp3) is 0. The van der Waals surface area contributed by atoms with E-state index in [-0.39, 0.29) is 0 Å². The van der Waals surface area contributed by atoms with Crippen molar-refractivity contribution in [2.45, 2.75) is 0 Å². The third kappa shape index (κ3) is 1.67. The number of pyridine rings is 1. The predicted octanol–water partition coefficient (Wildman–Crippen LogP) is 2.38. The van der Waals surface area contributed by atoms with Crippen LogP contribution in [0.3, 0.4) is 0 Å². The minimum atomic E-state index is -5.38. The molecule has 1 heterocycles. The Bertz CT molecular complexity index is 208. The number of rotatable bonds is 1. The van der Waals surface area contributed by atoms with Gasteiger partial charge in [-0.15, -0.1) is 0 Å². The lowest BCUT2D eigenvalue weighted by Crippen LogP contribution is -2.03. The fourth-order valence-electron chi connectivity index (χ4n) is 0.504. The zero-order chi connectivity index (χ0) is 7.61. The Hall–Kier alpha value is -0.630. The van der Waals surface area contributed by atoms with E-state index >= 15 is 0 Å². The minimum Gasteiger partial charge on any atom is -0.214 e. The third-order valence-electron chi connectivity index (χ3n) is 0.909. The summed E-state index contributed by atoms with van der Waals surface area (Å²) in [5.74, 6) is 0. The minimum absolute atomic E-state index is 0.741. The molecule has 0 unspecified atom stereocenters. The zero-order valence-electron chi connectivity index (χ0n) is 4.84. The molecule has 5 heteroatoms. The van der Waals surface area contributed by atoms with E-state index in [1.54, 1.807) is 0 Å². The van der Waals surface area contributed by atoms with Crippen LogP contribution in [-0.2, 0) is 0 Å². The second-order valence-corrected chi connectivity index (χ2v) is 2.98. The van der Waals surface area contributed by atoms with Crippen LogP contribution in [0.2, 0.25) is 0 Å². The van der Waals surface area contributed by atoms with Gasteiger partial charge in [-0.1, -0.05) is 6.07 Å². The van der Waals surface area contributed by atoms with Gasteiger partial charge in [0.25, 0.3) is 5.44 Å². The van der Waals surface area contributed by atoms with Crippen LogP contribution in [0, 0.1) is 0 Å². The molecule has 0 radical (unpaired) electrons. The number of hydrogen-bond acceptors (Lipinski definition) is 1. The Labute approximate surface area is 56.6 Å². The van der Waals surface area contributed by atoms with Gasteiger partial charge in [0, 0.05) is 24.9 Å². The van der Waals surface area contributed by atoms with E-state index in [0.717, 1.165) is 12.3 Å². The summed E-state index contributed by atoms with van der Waals surface area (Å²) in [6.07, 6.45) is 1.14. The van der Waals surface area contributed by atoms with Crippen LogP contribution in [0.15, 0.2) is 24.4 Å². The van der Waals surface area contributed by atoms with Crippen molar-refractivity contribution in [2.24, 2.45) is 0 Å². The topological polar surface area (TPSA) is 12.9 Å². The molecule has 1 rings (SSSR count). The maximum absolute atomic E-state index is 11.8. The van der Waals surface area contributed by atoms with Gasteiger partial charge in [0.1, 0.15) is 0 Å². The second kappa shape index (κ2) is 2.54. The van der Waals surface area contributed by atoms with Gasteiger partial charge in [-0.3, -0.25) is 0 Å². The van der Waals surface area contributed by atoms with Crippen molar-refractivity contribution in [3.63, 3.8) is 0 Å². The van der Waals surface area contributed by atoms with Crippen LogP contribution in [0.1, 0.15) is 0 Å². The Kier molecular flexibility index (Phi) is 1.90. The van der Waals surface area contributed by atoms with Gasteiger partial charge in [-0.25, -0.2) is 4.98 Å². The summed E-state index contributed by atoms with van der Waals surface area (Å²) in [6.45, 7) is 0. The highest BCUT2D eigenvalue weighted by molar-refractivity contribution is 7.68. The monoisotopic (exact) mass is 166 g/mol. The van der Waals surface area contributed by atoms with Crippen molar-refractivity contribution in [3.05, 3.63) is 24.4 Å². The average Bonchev–Trinajstić information content (AvgIpc) is 1.88. The molecule has 0 saturated heterocycles. The number of aromatic nitrogens is 1. The van der Waals surface area contributed by atoms with Crippen molar-refractivity contribution in [3.8, 4) is 0 Å². The summed E-state index contributed by atoms with van der Waals surface area (Å²) in [7, 11) is -5.38. The van der Waals surface area contributed by atoms with Crippen molar-refractivity contribution in [2.75, 3.05) is 0 Å². The van der Waals surface area contributed by atoms with Gasteiger partial charge in [-0.05, 0) is 6.07 Å². The van der Waals surface area contributed by atoms with Crippen LogP contribution < -0.4 is 5.44 Å². The van der Waals surface area contributed by atoms with E-state index in [4.69, 9.17) is 0 Å². The summed E-state index contributed by atoms with van der Waals surface area (Å²) in [5.41, 5.74) is -0.741. The molecule has 10 heavy (non-hydrogen) atoms. The van der Waals surface area contributed by atoms with E-state index < -0.39 is 13.6 Å². The van der Waals surface area contributed by atoms with Crippen LogP contribution in [-0.4, -0.2) is 4.98 Å². The Balaban J connectivity index is 2.97. The molecule has 0 spiro atoms. The summed E-state index contributed by atoms with van der Waals surface area (Å²) in [5, 5.41) is 0. The molecule has 0 saturated carbocycles. The van der Waals surface area contributed by atoms with Crippen molar-refractivity contribution >= 4 is 13.6 Å². The van der Waals surface area contributed by atoms with Crippen LogP contribution >= 0.6 is 8.19 Å². The fourth-order valence-corrected chi connectivity index (χ4v) is 0.956. The maximum Gasteiger partial charge on any atom is 0.620 e. The molecule has 0 aliphatic rings. The molecule has 0 fully saturated rings. The molecular weight excluding hydrogens is 162 g/mol. The normalized spacial score (nSPS) is 11.5. The van der Waals surface area contributed by atoms with Crippen molar-refractivity contribution in [1.82, 2.24) is 4.98 Å². The Morgan fingerprint density at radius 2 is 1.90 bits per heavy atom. The van der Waals surface area contributed by atoms with E-state index in [1.165, 1.54) is 12.1 Å². The first-order chi connectivity index (χ1) is 4.61. The van der Waals surface area contributed by atoms with Crippen LogP contribution in [0.5, 0.6) is 0 Å². The molecule has 0 amide bonds. The molecule has 0 aliphatic carbocycles. The second-order valence-electron chi connectivity index (χ2n) is 1.63. The lowest BCUT2D eigenvalue weighted by Gasteiger charge is -1.89. The summed E-state index contributed by atoms with van der Waals surface area (Å²) in [6, 6.07) is 3.77. The highest BCUT2D eigenvalue weighted by Crippen LogP contribution is 2.62. The summed E-state index contributed by atoms with van der Waals surface area (Å²) < 4.78 is 35.5. The first-order valence-electron chi connectivity index (χ1n) is 2.50. The predicted molar refractivity (Wildman–Crippen MR) is 34.1 cm³/mol.